The van der Waals surface area contributed by atoms with Crippen LogP contribution in [0.4, 0.5) is 0 Å². The Hall–Kier alpha value is -3.84. The smallest absolute Gasteiger partial charge is 0.326 e. The van der Waals surface area contributed by atoms with Crippen LogP contribution in [0, 0.1) is 5.92 Å². The zero-order valence-electron chi connectivity index (χ0n) is 23.5. The van der Waals surface area contributed by atoms with Crippen LogP contribution in [-0.4, -0.2) is 79.9 Å². The molecule has 0 saturated heterocycles. The van der Waals surface area contributed by atoms with Crippen LogP contribution in [0.2, 0.25) is 0 Å². The first-order valence-corrected chi connectivity index (χ1v) is 14.9. The SMILES string of the molecule is CCC(C)C(N)C(=O)NC(CCSC)C(=O)NC(Cc1cnc[nH]1)C(=O)NC(Cc1c[nH]c2ccccc12)C(=O)O. The van der Waals surface area contributed by atoms with E-state index in [-0.39, 0.29) is 18.8 Å². The molecule has 0 radical (unpaired) electrons. The van der Waals surface area contributed by atoms with E-state index in [2.05, 4.69) is 30.9 Å². The number of rotatable bonds is 16. The van der Waals surface area contributed by atoms with Crippen LogP contribution in [0.3, 0.4) is 0 Å². The molecule has 41 heavy (non-hydrogen) atoms. The van der Waals surface area contributed by atoms with E-state index in [9.17, 15) is 24.3 Å². The molecule has 1 aromatic carbocycles. The summed E-state index contributed by atoms with van der Waals surface area (Å²) in [5, 5.41) is 18.8. The van der Waals surface area contributed by atoms with Crippen molar-refractivity contribution in [3.8, 4) is 0 Å². The summed E-state index contributed by atoms with van der Waals surface area (Å²) < 4.78 is 0. The Morgan fingerprint density at radius 3 is 2.34 bits per heavy atom. The van der Waals surface area contributed by atoms with Crippen LogP contribution in [0.5, 0.6) is 0 Å². The number of nitrogens with zero attached hydrogens (tertiary/aromatic N) is 1. The lowest BCUT2D eigenvalue weighted by atomic mass is 9.99. The third-order valence-electron chi connectivity index (χ3n) is 7.13. The molecule has 0 spiro atoms. The fraction of sp³-hybridized carbons (Fsp3) is 0.464. The Kier molecular flexibility index (Phi) is 11.8. The van der Waals surface area contributed by atoms with Gasteiger partial charge in [-0.3, -0.25) is 14.4 Å². The van der Waals surface area contributed by atoms with Crippen molar-refractivity contribution in [1.29, 1.82) is 0 Å². The molecule has 0 bridgehead atoms. The van der Waals surface area contributed by atoms with Crippen LogP contribution >= 0.6 is 11.8 Å². The number of aromatic amines is 2. The lowest BCUT2D eigenvalue weighted by molar-refractivity contribution is -0.142. The van der Waals surface area contributed by atoms with Crippen molar-refractivity contribution in [2.45, 2.75) is 63.7 Å². The van der Waals surface area contributed by atoms with E-state index in [1.807, 2.05) is 44.4 Å². The summed E-state index contributed by atoms with van der Waals surface area (Å²) in [6, 6.07) is 3.39. The number of aliphatic carboxylic acids is 1. The number of carboxylic acid groups (broad SMARTS) is 1. The Bertz CT molecular complexity index is 1310. The van der Waals surface area contributed by atoms with E-state index < -0.39 is 47.9 Å². The number of fused-ring (bicyclic) bond motifs is 1. The Balaban J connectivity index is 1.78. The summed E-state index contributed by atoms with van der Waals surface area (Å²) in [5.74, 6) is -2.39. The highest BCUT2D eigenvalue weighted by Crippen LogP contribution is 2.19. The number of carboxylic acids is 1. The Labute approximate surface area is 243 Å². The highest BCUT2D eigenvalue weighted by Gasteiger charge is 2.31. The molecule has 0 aliphatic heterocycles. The zero-order chi connectivity index (χ0) is 29.9. The maximum absolute atomic E-state index is 13.5. The second kappa shape index (κ2) is 15.2. The minimum Gasteiger partial charge on any atom is -0.480 e. The Morgan fingerprint density at radius 1 is 1.00 bits per heavy atom. The first-order valence-electron chi connectivity index (χ1n) is 13.5. The molecule has 3 rings (SSSR count). The molecule has 2 heterocycles. The topological polar surface area (TPSA) is 195 Å². The lowest BCUT2D eigenvalue weighted by Crippen LogP contribution is -2.58. The summed E-state index contributed by atoms with van der Waals surface area (Å²) in [4.78, 5) is 61.8. The Morgan fingerprint density at radius 2 is 1.68 bits per heavy atom. The number of hydrogen-bond acceptors (Lipinski definition) is 7. The maximum Gasteiger partial charge on any atom is 0.326 e. The molecule has 2 aromatic heterocycles. The number of carbonyl (C=O) groups excluding carboxylic acids is 3. The summed E-state index contributed by atoms with van der Waals surface area (Å²) in [6.45, 7) is 3.79. The number of nitrogens with one attached hydrogen (secondary N) is 5. The van der Waals surface area contributed by atoms with E-state index in [1.54, 1.807) is 6.20 Å². The minimum atomic E-state index is -1.25. The van der Waals surface area contributed by atoms with E-state index in [0.29, 0.717) is 24.3 Å². The fourth-order valence-electron chi connectivity index (χ4n) is 4.38. The van der Waals surface area contributed by atoms with Gasteiger partial charge in [-0.2, -0.15) is 11.8 Å². The third kappa shape index (κ3) is 8.82. The third-order valence-corrected chi connectivity index (χ3v) is 7.77. The highest BCUT2D eigenvalue weighted by molar-refractivity contribution is 7.98. The number of aromatic nitrogens is 3. The van der Waals surface area contributed by atoms with Crippen molar-refractivity contribution in [3.63, 3.8) is 0 Å². The molecule has 13 heteroatoms. The van der Waals surface area contributed by atoms with Gasteiger partial charge in [-0.15, -0.1) is 0 Å². The average Bonchev–Trinajstić information content (AvgIpc) is 3.63. The van der Waals surface area contributed by atoms with Crippen molar-refractivity contribution in [3.05, 3.63) is 54.2 Å². The van der Waals surface area contributed by atoms with Gasteiger partial charge >= 0.3 is 5.97 Å². The minimum absolute atomic E-state index is 0.0343. The molecule has 3 amide bonds. The number of H-pyrrole nitrogens is 2. The first kappa shape index (κ1) is 31.7. The predicted molar refractivity (Wildman–Crippen MR) is 158 cm³/mol. The van der Waals surface area contributed by atoms with Gasteiger partial charge in [0.1, 0.15) is 18.1 Å². The predicted octanol–water partition coefficient (Wildman–Crippen LogP) is 1.34. The van der Waals surface area contributed by atoms with E-state index >= 15 is 0 Å². The second-order valence-electron chi connectivity index (χ2n) is 10.1. The summed E-state index contributed by atoms with van der Waals surface area (Å²) in [5.41, 5.74) is 8.24. The molecule has 3 aromatic rings. The zero-order valence-corrected chi connectivity index (χ0v) is 24.3. The number of hydrogen-bond donors (Lipinski definition) is 7. The molecule has 8 N–H and O–H groups in total. The van der Waals surface area contributed by atoms with Gasteiger partial charge in [0.05, 0.1) is 12.4 Å². The molecule has 0 aliphatic carbocycles. The quantitative estimate of drug-likeness (QED) is 0.131. The summed E-state index contributed by atoms with van der Waals surface area (Å²) >= 11 is 1.51. The van der Waals surface area contributed by atoms with E-state index in [4.69, 9.17) is 5.73 Å². The van der Waals surface area contributed by atoms with Gasteiger partial charge in [0.2, 0.25) is 17.7 Å². The van der Waals surface area contributed by atoms with Gasteiger partial charge in [-0.1, -0.05) is 38.5 Å². The number of para-hydroxylation sites is 1. The van der Waals surface area contributed by atoms with Gasteiger partial charge in [0, 0.05) is 41.8 Å². The average molecular weight is 586 g/mol. The second-order valence-corrected chi connectivity index (χ2v) is 11.0. The molecular formula is C28H39N7O5S. The van der Waals surface area contributed by atoms with E-state index in [0.717, 1.165) is 16.5 Å². The van der Waals surface area contributed by atoms with E-state index in [1.165, 1.54) is 24.3 Å². The van der Waals surface area contributed by atoms with Crippen molar-refractivity contribution < 1.29 is 24.3 Å². The largest absolute Gasteiger partial charge is 0.480 e. The number of nitrogens with two attached hydrogens (primary N) is 1. The summed E-state index contributed by atoms with van der Waals surface area (Å²) in [6.07, 6.45) is 7.67. The molecule has 12 nitrogen and oxygen atoms in total. The molecule has 0 saturated carbocycles. The van der Waals surface area contributed by atoms with Crippen LogP contribution in [0.25, 0.3) is 10.9 Å². The summed E-state index contributed by atoms with van der Waals surface area (Å²) in [7, 11) is 0. The van der Waals surface area contributed by atoms with Gasteiger partial charge in [-0.05, 0) is 36.0 Å². The lowest BCUT2D eigenvalue weighted by Gasteiger charge is -2.26. The van der Waals surface area contributed by atoms with Gasteiger partial charge in [-0.25, -0.2) is 9.78 Å². The first-order chi connectivity index (χ1) is 19.6. The molecule has 0 aliphatic rings. The van der Waals surface area contributed by atoms with Crippen molar-refractivity contribution in [1.82, 2.24) is 30.9 Å². The number of imidazole rings is 1. The molecule has 5 atom stereocenters. The number of amides is 3. The van der Waals surface area contributed by atoms with Crippen molar-refractivity contribution in [2.75, 3.05) is 12.0 Å². The standard InChI is InChI=1S/C28H39N7O5S/c1-4-16(2)24(29)27(38)33-21(9-10-41-3)25(36)34-22(12-18-14-30-15-32-18)26(37)35-23(28(39)40)11-17-13-31-20-8-6-5-7-19(17)20/h5-8,13-16,21-24,31H,4,9-12,29H2,1-3H3,(H,30,32)(H,33,38)(H,34,36)(H,35,37)(H,39,40). The van der Waals surface area contributed by atoms with Crippen LogP contribution < -0.4 is 21.7 Å². The maximum atomic E-state index is 13.5. The number of carbonyl (C=O) groups is 4. The van der Waals surface area contributed by atoms with Crippen LogP contribution in [0.1, 0.15) is 37.9 Å². The number of thioether (sulfide) groups is 1. The molecule has 222 valence electrons. The fourth-order valence-corrected chi connectivity index (χ4v) is 4.85. The monoisotopic (exact) mass is 585 g/mol. The number of benzene rings is 1. The molecule has 5 unspecified atom stereocenters. The molecular weight excluding hydrogens is 546 g/mol. The van der Waals surface area contributed by atoms with Crippen molar-refractivity contribution in [2.24, 2.45) is 11.7 Å². The molecule has 0 fully saturated rings. The van der Waals surface area contributed by atoms with Gasteiger partial charge < -0.3 is 36.8 Å². The van der Waals surface area contributed by atoms with Gasteiger partial charge in [0.15, 0.2) is 0 Å². The van der Waals surface area contributed by atoms with Gasteiger partial charge in [0.25, 0.3) is 0 Å². The van der Waals surface area contributed by atoms with Crippen LogP contribution in [-0.2, 0) is 32.0 Å². The van der Waals surface area contributed by atoms with Crippen LogP contribution in [0.15, 0.2) is 43.0 Å². The normalized spacial score (nSPS) is 14.9. The van der Waals surface area contributed by atoms with Crippen molar-refractivity contribution >= 4 is 46.4 Å². The highest BCUT2D eigenvalue weighted by atomic mass is 32.2.